The molecule has 90 valence electrons. The van der Waals surface area contributed by atoms with Crippen molar-refractivity contribution in [1.29, 1.82) is 0 Å². The van der Waals surface area contributed by atoms with Crippen LogP contribution in [0.15, 0.2) is 48.8 Å². The van der Waals surface area contributed by atoms with E-state index < -0.39 is 0 Å². The Balaban J connectivity index is 2.00. The molecular formula is C14H18N2O. The fourth-order valence-electron chi connectivity index (χ4n) is 1.92. The third-order valence-electron chi connectivity index (χ3n) is 2.69. The Morgan fingerprint density at radius 2 is 1.88 bits per heavy atom. The molecule has 0 bridgehead atoms. The van der Waals surface area contributed by atoms with Crippen LogP contribution in [-0.4, -0.2) is 17.8 Å². The average molecular weight is 230 g/mol. The molecule has 2 aromatic rings. The number of ether oxygens (including phenoxy) is 1. The zero-order valence-corrected chi connectivity index (χ0v) is 10.3. The Kier molecular flexibility index (Phi) is 3.70. The normalized spacial score (nSPS) is 12.1. The van der Waals surface area contributed by atoms with Gasteiger partial charge in [-0.25, -0.2) is 0 Å². The first-order chi connectivity index (χ1) is 8.29. The van der Waals surface area contributed by atoms with E-state index in [2.05, 4.69) is 18.4 Å². The monoisotopic (exact) mass is 230 g/mol. The van der Waals surface area contributed by atoms with Crippen LogP contribution in [0.5, 0.6) is 5.75 Å². The third kappa shape index (κ3) is 3.03. The third-order valence-corrected chi connectivity index (χ3v) is 2.69. The van der Waals surface area contributed by atoms with Crippen molar-refractivity contribution in [2.75, 3.05) is 12.5 Å². The van der Waals surface area contributed by atoms with E-state index >= 15 is 0 Å². The molecule has 0 aliphatic rings. The maximum atomic E-state index is 5.35. The second kappa shape index (κ2) is 5.43. The highest BCUT2D eigenvalue weighted by atomic mass is 16.5. The average Bonchev–Trinajstić information content (AvgIpc) is 2.82. The summed E-state index contributed by atoms with van der Waals surface area (Å²) in [5.74, 6) is 0.952. The number of hydrogen-bond acceptors (Lipinski definition) is 2. The second-order valence-corrected chi connectivity index (χ2v) is 4.14. The van der Waals surface area contributed by atoms with Crippen molar-refractivity contribution in [3.8, 4) is 5.75 Å². The van der Waals surface area contributed by atoms with E-state index in [0.29, 0.717) is 6.04 Å². The van der Waals surface area contributed by atoms with Gasteiger partial charge in [-0.3, -0.25) is 4.68 Å². The quantitative estimate of drug-likeness (QED) is 0.854. The van der Waals surface area contributed by atoms with Gasteiger partial charge in [-0.1, -0.05) is 18.2 Å². The van der Waals surface area contributed by atoms with Crippen LogP contribution >= 0.6 is 0 Å². The molecule has 0 saturated heterocycles. The second-order valence-electron chi connectivity index (χ2n) is 4.14. The van der Waals surface area contributed by atoms with Gasteiger partial charge in [0.1, 0.15) is 5.75 Å². The Hall–Kier alpha value is -1.90. The number of nitrogens with zero attached hydrogens (tertiary/aromatic N) is 1. The first-order valence-corrected chi connectivity index (χ1v) is 5.81. The van der Waals surface area contributed by atoms with Crippen molar-refractivity contribution in [2.45, 2.75) is 19.4 Å². The first-order valence-electron chi connectivity index (χ1n) is 5.81. The van der Waals surface area contributed by atoms with E-state index in [4.69, 9.17) is 4.74 Å². The minimum atomic E-state index is 0.346. The molecule has 1 aromatic carbocycles. The van der Waals surface area contributed by atoms with E-state index in [0.717, 1.165) is 12.2 Å². The van der Waals surface area contributed by atoms with E-state index in [1.54, 1.807) is 7.11 Å². The summed E-state index contributed by atoms with van der Waals surface area (Å²) < 4.78 is 7.32. The Morgan fingerprint density at radius 1 is 1.18 bits per heavy atom. The molecule has 1 N–H and O–H groups in total. The van der Waals surface area contributed by atoms with Crippen molar-refractivity contribution in [1.82, 2.24) is 4.68 Å². The molecule has 0 saturated carbocycles. The molecule has 3 nitrogen and oxygen atoms in total. The maximum Gasteiger partial charge on any atom is 0.122 e. The van der Waals surface area contributed by atoms with Crippen molar-refractivity contribution >= 4 is 0 Å². The van der Waals surface area contributed by atoms with Gasteiger partial charge in [0.05, 0.1) is 7.11 Å². The smallest absolute Gasteiger partial charge is 0.122 e. The predicted octanol–water partition coefficient (Wildman–Crippen LogP) is 2.67. The summed E-state index contributed by atoms with van der Waals surface area (Å²) in [5, 5.41) is 0. The van der Waals surface area contributed by atoms with Crippen LogP contribution in [0.1, 0.15) is 12.5 Å². The van der Waals surface area contributed by atoms with Gasteiger partial charge in [0, 0.05) is 18.4 Å². The number of para-hydroxylation sites is 1. The molecule has 0 aliphatic heterocycles. The molecule has 0 spiro atoms. The molecule has 2 rings (SSSR count). The van der Waals surface area contributed by atoms with Crippen LogP contribution in [0.3, 0.4) is 0 Å². The lowest BCUT2D eigenvalue weighted by atomic mass is 10.1. The minimum Gasteiger partial charge on any atom is -0.496 e. The van der Waals surface area contributed by atoms with Gasteiger partial charge in [0.2, 0.25) is 0 Å². The maximum absolute atomic E-state index is 5.35. The number of nitrogens with one attached hydrogen (secondary N) is 1. The Labute approximate surface area is 102 Å². The molecule has 17 heavy (non-hydrogen) atoms. The van der Waals surface area contributed by atoms with Crippen LogP contribution < -0.4 is 10.2 Å². The summed E-state index contributed by atoms with van der Waals surface area (Å²) in [7, 11) is 1.71. The van der Waals surface area contributed by atoms with E-state index in [-0.39, 0.29) is 0 Å². The first kappa shape index (κ1) is 11.6. The lowest BCUT2D eigenvalue weighted by Gasteiger charge is -2.17. The number of aromatic nitrogens is 1. The highest BCUT2D eigenvalue weighted by Crippen LogP contribution is 2.18. The molecule has 3 heteroatoms. The Morgan fingerprint density at radius 3 is 2.59 bits per heavy atom. The van der Waals surface area contributed by atoms with Gasteiger partial charge < -0.3 is 10.2 Å². The molecule has 1 heterocycles. The summed E-state index contributed by atoms with van der Waals surface area (Å²) >= 11 is 0. The van der Waals surface area contributed by atoms with Crippen molar-refractivity contribution in [3.63, 3.8) is 0 Å². The van der Waals surface area contributed by atoms with Crippen molar-refractivity contribution in [3.05, 3.63) is 54.4 Å². The fourth-order valence-corrected chi connectivity index (χ4v) is 1.92. The lowest BCUT2D eigenvalue weighted by Crippen LogP contribution is -2.26. The lowest BCUT2D eigenvalue weighted by molar-refractivity contribution is 0.408. The Bertz CT molecular complexity index is 451. The number of hydrogen-bond donors (Lipinski definition) is 1. The van der Waals surface area contributed by atoms with Crippen LogP contribution in [0, 0.1) is 0 Å². The predicted molar refractivity (Wildman–Crippen MR) is 70.0 cm³/mol. The van der Waals surface area contributed by atoms with E-state index in [1.165, 1.54) is 5.56 Å². The van der Waals surface area contributed by atoms with E-state index in [1.807, 2.05) is 47.4 Å². The summed E-state index contributed by atoms with van der Waals surface area (Å²) in [6.07, 6.45) is 4.93. The largest absolute Gasteiger partial charge is 0.496 e. The SMILES string of the molecule is COc1ccccc1CC(C)Nn1cccc1. The molecule has 1 atom stereocenters. The van der Waals surface area contributed by atoms with Crippen molar-refractivity contribution in [2.24, 2.45) is 0 Å². The number of methoxy groups -OCH3 is 1. The van der Waals surface area contributed by atoms with Gasteiger partial charge in [0.25, 0.3) is 0 Å². The highest BCUT2D eigenvalue weighted by Gasteiger charge is 2.07. The number of benzene rings is 1. The van der Waals surface area contributed by atoms with Crippen LogP contribution in [0.2, 0.25) is 0 Å². The summed E-state index contributed by atoms with van der Waals surface area (Å²) in [6, 6.07) is 12.5. The molecule has 1 aromatic heterocycles. The summed E-state index contributed by atoms with van der Waals surface area (Å²) in [6.45, 7) is 2.16. The van der Waals surface area contributed by atoms with Gasteiger partial charge in [-0.2, -0.15) is 0 Å². The topological polar surface area (TPSA) is 26.2 Å². The molecule has 0 radical (unpaired) electrons. The van der Waals surface area contributed by atoms with Crippen molar-refractivity contribution < 1.29 is 4.74 Å². The standard InChI is InChI=1S/C14H18N2O/c1-12(15-16-9-5-6-10-16)11-13-7-3-4-8-14(13)17-2/h3-10,12,15H,11H2,1-2H3. The van der Waals surface area contributed by atoms with Crippen LogP contribution in [-0.2, 0) is 6.42 Å². The molecule has 0 fully saturated rings. The summed E-state index contributed by atoms with van der Waals surface area (Å²) in [5.41, 5.74) is 4.61. The highest BCUT2D eigenvalue weighted by molar-refractivity contribution is 5.34. The fraction of sp³-hybridized carbons (Fsp3) is 0.286. The van der Waals surface area contributed by atoms with Gasteiger partial charge in [-0.05, 0) is 37.1 Å². The van der Waals surface area contributed by atoms with Gasteiger partial charge in [-0.15, -0.1) is 0 Å². The molecule has 1 unspecified atom stereocenters. The van der Waals surface area contributed by atoms with Crippen LogP contribution in [0.4, 0.5) is 0 Å². The summed E-state index contributed by atoms with van der Waals surface area (Å²) in [4.78, 5) is 0. The molecule has 0 amide bonds. The zero-order chi connectivity index (χ0) is 12.1. The zero-order valence-electron chi connectivity index (χ0n) is 10.3. The molecular weight excluding hydrogens is 212 g/mol. The number of rotatable bonds is 5. The van der Waals surface area contributed by atoms with Gasteiger partial charge >= 0.3 is 0 Å². The van der Waals surface area contributed by atoms with E-state index in [9.17, 15) is 0 Å². The van der Waals surface area contributed by atoms with Gasteiger partial charge in [0.15, 0.2) is 0 Å². The minimum absolute atomic E-state index is 0.346. The molecule has 0 aliphatic carbocycles. The van der Waals surface area contributed by atoms with Crippen LogP contribution in [0.25, 0.3) is 0 Å².